The standard InChI is InChI=1S/C23H46N2/c1-22(2,3)18-8-12-20(13-9-18)24-16-7-17-25-21-14-10-19(11-15-21)23(4,5)6/h18-21,24-25H,7-17H2,1-6H3. The Balaban J connectivity index is 1.50. The van der Waals surface area contributed by atoms with E-state index in [2.05, 4.69) is 52.2 Å². The lowest BCUT2D eigenvalue weighted by molar-refractivity contribution is 0.158. The maximum absolute atomic E-state index is 3.82. The predicted molar refractivity (Wildman–Crippen MR) is 111 cm³/mol. The number of hydrogen-bond donors (Lipinski definition) is 2. The zero-order chi connectivity index (χ0) is 18.5. The van der Waals surface area contributed by atoms with Crippen molar-refractivity contribution >= 4 is 0 Å². The van der Waals surface area contributed by atoms with E-state index >= 15 is 0 Å². The molecule has 2 aliphatic rings. The third kappa shape index (κ3) is 7.21. The quantitative estimate of drug-likeness (QED) is 0.595. The van der Waals surface area contributed by atoms with Crippen LogP contribution in [0.25, 0.3) is 0 Å². The molecule has 2 fully saturated rings. The lowest BCUT2D eigenvalue weighted by atomic mass is 9.71. The normalized spacial score (nSPS) is 31.9. The van der Waals surface area contributed by atoms with E-state index in [1.54, 1.807) is 0 Å². The van der Waals surface area contributed by atoms with Crippen LogP contribution in [0.3, 0.4) is 0 Å². The molecule has 0 saturated heterocycles. The van der Waals surface area contributed by atoms with Crippen LogP contribution in [-0.4, -0.2) is 25.2 Å². The summed E-state index contributed by atoms with van der Waals surface area (Å²) in [6.07, 6.45) is 12.5. The minimum Gasteiger partial charge on any atom is -0.314 e. The highest BCUT2D eigenvalue weighted by atomic mass is 14.9. The van der Waals surface area contributed by atoms with Crippen LogP contribution in [0.15, 0.2) is 0 Å². The Hall–Kier alpha value is -0.0800. The molecule has 0 bridgehead atoms. The van der Waals surface area contributed by atoms with Gasteiger partial charge in [0.2, 0.25) is 0 Å². The zero-order valence-electron chi connectivity index (χ0n) is 18.1. The first kappa shape index (κ1) is 21.2. The molecular formula is C23H46N2. The molecular weight excluding hydrogens is 304 g/mol. The van der Waals surface area contributed by atoms with Crippen LogP contribution in [-0.2, 0) is 0 Å². The van der Waals surface area contributed by atoms with Crippen LogP contribution < -0.4 is 10.6 Å². The lowest BCUT2D eigenvalue weighted by Crippen LogP contribution is -2.39. The van der Waals surface area contributed by atoms with Crippen LogP contribution >= 0.6 is 0 Å². The molecule has 0 aromatic carbocycles. The molecule has 0 amide bonds. The maximum atomic E-state index is 3.82. The van der Waals surface area contributed by atoms with E-state index in [1.807, 2.05) is 0 Å². The van der Waals surface area contributed by atoms with Gasteiger partial charge in [0, 0.05) is 12.1 Å². The molecule has 0 aromatic heterocycles. The molecule has 0 radical (unpaired) electrons. The second-order valence-corrected chi connectivity index (χ2v) is 11.1. The number of rotatable bonds is 6. The molecule has 148 valence electrons. The largest absolute Gasteiger partial charge is 0.314 e. The molecule has 0 unspecified atom stereocenters. The average Bonchev–Trinajstić information content (AvgIpc) is 2.54. The van der Waals surface area contributed by atoms with Crippen molar-refractivity contribution in [1.29, 1.82) is 0 Å². The van der Waals surface area contributed by atoms with Crippen molar-refractivity contribution < 1.29 is 0 Å². The molecule has 0 aliphatic heterocycles. The van der Waals surface area contributed by atoms with Crippen molar-refractivity contribution in [2.24, 2.45) is 22.7 Å². The van der Waals surface area contributed by atoms with Crippen molar-refractivity contribution in [1.82, 2.24) is 10.6 Å². The average molecular weight is 351 g/mol. The van der Waals surface area contributed by atoms with Crippen molar-refractivity contribution in [3.8, 4) is 0 Å². The van der Waals surface area contributed by atoms with Gasteiger partial charge in [-0.1, -0.05) is 41.5 Å². The van der Waals surface area contributed by atoms with E-state index in [1.165, 1.54) is 70.9 Å². The van der Waals surface area contributed by atoms with Gasteiger partial charge in [-0.05, 0) is 93.5 Å². The fourth-order valence-electron chi connectivity index (χ4n) is 5.03. The van der Waals surface area contributed by atoms with Crippen molar-refractivity contribution in [3.05, 3.63) is 0 Å². The van der Waals surface area contributed by atoms with Gasteiger partial charge in [0.15, 0.2) is 0 Å². The highest BCUT2D eigenvalue weighted by molar-refractivity contribution is 4.84. The molecule has 2 aliphatic carbocycles. The first-order chi connectivity index (χ1) is 11.7. The second kappa shape index (κ2) is 9.22. The predicted octanol–water partition coefficient (Wildman–Crippen LogP) is 5.77. The van der Waals surface area contributed by atoms with E-state index in [4.69, 9.17) is 0 Å². The zero-order valence-corrected chi connectivity index (χ0v) is 18.1. The number of nitrogens with one attached hydrogen (secondary N) is 2. The van der Waals surface area contributed by atoms with E-state index in [-0.39, 0.29) is 0 Å². The second-order valence-electron chi connectivity index (χ2n) is 11.1. The van der Waals surface area contributed by atoms with Crippen molar-refractivity contribution in [2.75, 3.05) is 13.1 Å². The van der Waals surface area contributed by atoms with Crippen molar-refractivity contribution in [3.63, 3.8) is 0 Å². The first-order valence-corrected chi connectivity index (χ1v) is 11.1. The maximum Gasteiger partial charge on any atom is 0.00672 e. The molecule has 2 rings (SSSR count). The lowest BCUT2D eigenvalue weighted by Gasteiger charge is -2.37. The summed E-state index contributed by atoms with van der Waals surface area (Å²) < 4.78 is 0. The molecule has 25 heavy (non-hydrogen) atoms. The highest BCUT2D eigenvalue weighted by Crippen LogP contribution is 2.38. The molecule has 2 heteroatoms. The van der Waals surface area contributed by atoms with Crippen LogP contribution in [0, 0.1) is 22.7 Å². The van der Waals surface area contributed by atoms with Gasteiger partial charge in [0.1, 0.15) is 0 Å². The Bertz CT molecular complexity index is 325. The SMILES string of the molecule is CC(C)(C)C1CCC(NCCCNC2CCC(C(C)(C)C)CC2)CC1. The Morgan fingerprint density at radius 2 is 0.880 bits per heavy atom. The van der Waals surface area contributed by atoms with Gasteiger partial charge in [0.05, 0.1) is 0 Å². The highest BCUT2D eigenvalue weighted by Gasteiger charge is 2.30. The van der Waals surface area contributed by atoms with E-state index in [9.17, 15) is 0 Å². The third-order valence-electron chi connectivity index (χ3n) is 7.12. The van der Waals surface area contributed by atoms with Crippen LogP contribution in [0.5, 0.6) is 0 Å². The summed E-state index contributed by atoms with van der Waals surface area (Å²) in [6.45, 7) is 16.8. The topological polar surface area (TPSA) is 24.1 Å². The molecule has 2 N–H and O–H groups in total. The Morgan fingerprint density at radius 1 is 0.560 bits per heavy atom. The smallest absolute Gasteiger partial charge is 0.00672 e. The van der Waals surface area contributed by atoms with Gasteiger partial charge in [-0.15, -0.1) is 0 Å². The first-order valence-electron chi connectivity index (χ1n) is 11.1. The monoisotopic (exact) mass is 350 g/mol. The Labute approximate surface area is 158 Å². The summed E-state index contributed by atoms with van der Waals surface area (Å²) in [5.74, 6) is 1.85. The van der Waals surface area contributed by atoms with Gasteiger partial charge in [-0.3, -0.25) is 0 Å². The molecule has 0 spiro atoms. The van der Waals surface area contributed by atoms with Gasteiger partial charge in [-0.2, -0.15) is 0 Å². The van der Waals surface area contributed by atoms with Crippen LogP contribution in [0.1, 0.15) is 99.3 Å². The van der Waals surface area contributed by atoms with Gasteiger partial charge < -0.3 is 10.6 Å². The minimum absolute atomic E-state index is 0.501. The summed E-state index contributed by atoms with van der Waals surface area (Å²) in [6, 6.07) is 1.56. The summed E-state index contributed by atoms with van der Waals surface area (Å²) in [4.78, 5) is 0. The van der Waals surface area contributed by atoms with E-state index in [0.717, 1.165) is 23.9 Å². The van der Waals surface area contributed by atoms with E-state index < -0.39 is 0 Å². The van der Waals surface area contributed by atoms with E-state index in [0.29, 0.717) is 10.8 Å². The molecule has 0 aromatic rings. The summed E-state index contributed by atoms with van der Waals surface area (Å²) >= 11 is 0. The Morgan fingerprint density at radius 3 is 1.16 bits per heavy atom. The molecule has 2 nitrogen and oxygen atoms in total. The summed E-state index contributed by atoms with van der Waals surface area (Å²) in [5, 5.41) is 7.64. The van der Waals surface area contributed by atoms with Gasteiger partial charge >= 0.3 is 0 Å². The fourth-order valence-corrected chi connectivity index (χ4v) is 5.03. The van der Waals surface area contributed by atoms with Crippen molar-refractivity contribution in [2.45, 2.75) is 111 Å². The number of hydrogen-bond acceptors (Lipinski definition) is 2. The van der Waals surface area contributed by atoms with Crippen LogP contribution in [0.4, 0.5) is 0 Å². The third-order valence-corrected chi connectivity index (χ3v) is 7.12. The van der Waals surface area contributed by atoms with Gasteiger partial charge in [0.25, 0.3) is 0 Å². The Kier molecular flexibility index (Phi) is 7.83. The van der Waals surface area contributed by atoms with Crippen LogP contribution in [0.2, 0.25) is 0 Å². The fraction of sp³-hybridized carbons (Fsp3) is 1.00. The summed E-state index contributed by atoms with van der Waals surface area (Å²) in [7, 11) is 0. The molecule has 2 saturated carbocycles. The molecule has 0 heterocycles. The minimum atomic E-state index is 0.501. The summed E-state index contributed by atoms with van der Waals surface area (Å²) in [5.41, 5.74) is 1.00. The molecule has 0 atom stereocenters. The van der Waals surface area contributed by atoms with Gasteiger partial charge in [-0.25, -0.2) is 0 Å².